The molecule has 0 saturated carbocycles. The minimum atomic E-state index is -0.0797. The van der Waals surface area contributed by atoms with Crippen molar-refractivity contribution >= 4 is 11.9 Å². The summed E-state index contributed by atoms with van der Waals surface area (Å²) in [5.74, 6) is 1.57. The van der Waals surface area contributed by atoms with E-state index in [1.54, 1.807) is 7.05 Å². The molecular formula is C21H30N6O2. The molecule has 156 valence electrons. The second-order valence-corrected chi connectivity index (χ2v) is 7.28. The van der Waals surface area contributed by atoms with Crippen LogP contribution in [0.15, 0.2) is 29.4 Å². The van der Waals surface area contributed by atoms with Crippen molar-refractivity contribution in [3.05, 3.63) is 41.3 Å². The minimum absolute atomic E-state index is 0.00422. The van der Waals surface area contributed by atoms with Crippen molar-refractivity contribution in [2.75, 3.05) is 26.7 Å². The van der Waals surface area contributed by atoms with Crippen LogP contribution in [0.4, 0.5) is 0 Å². The third-order valence-electron chi connectivity index (χ3n) is 5.11. The fraction of sp³-hybridized carbons (Fsp3) is 0.524. The summed E-state index contributed by atoms with van der Waals surface area (Å²) in [4.78, 5) is 23.0. The van der Waals surface area contributed by atoms with Gasteiger partial charge in [-0.05, 0) is 51.3 Å². The largest absolute Gasteiger partial charge is 0.466 e. The molecule has 0 unspecified atom stereocenters. The molecule has 1 aliphatic rings. The lowest BCUT2D eigenvalue weighted by molar-refractivity contribution is -0.149. The molecule has 0 atom stereocenters. The first kappa shape index (κ1) is 20.8. The molecule has 0 amide bonds. The van der Waals surface area contributed by atoms with E-state index in [9.17, 15) is 4.79 Å². The fourth-order valence-corrected chi connectivity index (χ4v) is 3.61. The molecule has 0 spiro atoms. The highest BCUT2D eigenvalue weighted by molar-refractivity contribution is 5.80. The van der Waals surface area contributed by atoms with Gasteiger partial charge in [0.05, 0.1) is 18.2 Å². The van der Waals surface area contributed by atoms with Crippen molar-refractivity contribution in [1.29, 1.82) is 0 Å². The van der Waals surface area contributed by atoms with Gasteiger partial charge in [-0.2, -0.15) is 5.10 Å². The van der Waals surface area contributed by atoms with Crippen LogP contribution in [0, 0.1) is 19.8 Å². The number of carbonyl (C=O) groups is 1. The lowest BCUT2D eigenvalue weighted by Crippen LogP contribution is -2.46. The van der Waals surface area contributed by atoms with Crippen LogP contribution in [0.2, 0.25) is 0 Å². The van der Waals surface area contributed by atoms with Crippen molar-refractivity contribution in [1.82, 2.24) is 25.0 Å². The van der Waals surface area contributed by atoms with Crippen molar-refractivity contribution in [2.45, 2.75) is 40.2 Å². The zero-order valence-corrected chi connectivity index (χ0v) is 17.7. The molecule has 3 heterocycles. The lowest BCUT2D eigenvalue weighted by atomic mass is 9.97. The Bertz CT molecular complexity index is 851. The number of rotatable bonds is 5. The molecule has 29 heavy (non-hydrogen) atoms. The zero-order chi connectivity index (χ0) is 20.8. The third-order valence-corrected chi connectivity index (χ3v) is 5.11. The number of nitrogens with one attached hydrogen (secondary N) is 1. The van der Waals surface area contributed by atoms with Crippen LogP contribution in [0.1, 0.15) is 36.7 Å². The predicted octanol–water partition coefficient (Wildman–Crippen LogP) is 2.23. The van der Waals surface area contributed by atoms with Gasteiger partial charge in [-0.3, -0.25) is 9.79 Å². The molecule has 1 fully saturated rings. The number of hydrogen-bond donors (Lipinski definition) is 1. The fourth-order valence-electron chi connectivity index (χ4n) is 3.61. The highest BCUT2D eigenvalue weighted by Crippen LogP contribution is 2.19. The van der Waals surface area contributed by atoms with E-state index >= 15 is 0 Å². The minimum Gasteiger partial charge on any atom is -0.466 e. The SMILES string of the molecule is CCOC(=O)C1CCN(C(=NC)NCc2ccc(-n3nc(C)cc3C)nc2)CC1. The van der Waals surface area contributed by atoms with E-state index in [2.05, 4.69) is 25.3 Å². The van der Waals surface area contributed by atoms with Crippen LogP contribution < -0.4 is 5.32 Å². The lowest BCUT2D eigenvalue weighted by Gasteiger charge is -2.33. The number of likely N-dealkylation sites (tertiary alicyclic amines) is 1. The second-order valence-electron chi connectivity index (χ2n) is 7.28. The number of carbonyl (C=O) groups excluding carboxylic acids is 1. The van der Waals surface area contributed by atoms with Crippen LogP contribution in [-0.4, -0.2) is 58.3 Å². The smallest absolute Gasteiger partial charge is 0.309 e. The average molecular weight is 399 g/mol. The third kappa shape index (κ3) is 5.13. The summed E-state index contributed by atoms with van der Waals surface area (Å²) in [5.41, 5.74) is 3.11. The normalized spacial score (nSPS) is 15.4. The predicted molar refractivity (Wildman–Crippen MR) is 112 cm³/mol. The summed E-state index contributed by atoms with van der Waals surface area (Å²) in [6.45, 7) is 8.49. The average Bonchev–Trinajstić information content (AvgIpc) is 3.07. The van der Waals surface area contributed by atoms with Crippen LogP contribution in [0.25, 0.3) is 5.82 Å². The first-order valence-corrected chi connectivity index (χ1v) is 10.1. The van der Waals surface area contributed by atoms with Crippen LogP contribution >= 0.6 is 0 Å². The van der Waals surface area contributed by atoms with Gasteiger partial charge in [-0.15, -0.1) is 0 Å². The number of aryl methyl sites for hydroxylation is 2. The van der Waals surface area contributed by atoms with E-state index in [1.807, 2.05) is 49.8 Å². The molecule has 1 aliphatic heterocycles. The van der Waals surface area contributed by atoms with Gasteiger partial charge in [0, 0.05) is 38.6 Å². The summed E-state index contributed by atoms with van der Waals surface area (Å²) in [6, 6.07) is 6.06. The molecule has 0 aliphatic carbocycles. The first-order chi connectivity index (χ1) is 14.0. The molecule has 0 aromatic carbocycles. The molecule has 8 nitrogen and oxygen atoms in total. The quantitative estimate of drug-likeness (QED) is 0.472. The standard InChI is InChI=1S/C21H30N6O2/c1-5-29-20(28)18-8-10-26(11-9-18)21(22-4)24-14-17-6-7-19(23-13-17)27-16(3)12-15(2)25-27/h6-7,12-13,18H,5,8-11,14H2,1-4H3,(H,22,24). The number of hydrogen-bond acceptors (Lipinski definition) is 5. The Morgan fingerprint density at radius 1 is 1.31 bits per heavy atom. The van der Waals surface area contributed by atoms with Gasteiger partial charge >= 0.3 is 5.97 Å². The summed E-state index contributed by atoms with van der Waals surface area (Å²) < 4.78 is 6.99. The van der Waals surface area contributed by atoms with Crippen molar-refractivity contribution < 1.29 is 9.53 Å². The summed E-state index contributed by atoms with van der Waals surface area (Å²) >= 11 is 0. The van der Waals surface area contributed by atoms with E-state index in [1.165, 1.54) is 0 Å². The van der Waals surface area contributed by atoms with E-state index in [-0.39, 0.29) is 11.9 Å². The number of nitrogens with zero attached hydrogens (tertiary/aromatic N) is 5. The molecule has 2 aromatic heterocycles. The number of piperidine rings is 1. The molecule has 1 N–H and O–H groups in total. The van der Waals surface area contributed by atoms with Crippen LogP contribution in [0.3, 0.4) is 0 Å². The van der Waals surface area contributed by atoms with Crippen LogP contribution in [-0.2, 0) is 16.1 Å². The Hall–Kier alpha value is -2.90. The molecule has 1 saturated heterocycles. The molecular weight excluding hydrogens is 368 g/mol. The van der Waals surface area contributed by atoms with E-state index in [0.717, 1.165) is 54.7 Å². The number of guanidine groups is 1. The molecule has 3 rings (SSSR count). The Kier molecular flexibility index (Phi) is 6.85. The van der Waals surface area contributed by atoms with Crippen molar-refractivity contribution in [3.8, 4) is 5.82 Å². The maximum Gasteiger partial charge on any atom is 0.309 e. The van der Waals surface area contributed by atoms with E-state index < -0.39 is 0 Å². The van der Waals surface area contributed by atoms with Gasteiger partial charge in [0.2, 0.25) is 0 Å². The highest BCUT2D eigenvalue weighted by atomic mass is 16.5. The number of ether oxygens (including phenoxy) is 1. The van der Waals surface area contributed by atoms with Gasteiger partial charge in [-0.25, -0.2) is 9.67 Å². The van der Waals surface area contributed by atoms with Crippen molar-refractivity contribution in [2.24, 2.45) is 10.9 Å². The van der Waals surface area contributed by atoms with Gasteiger partial charge < -0.3 is 15.0 Å². The number of aromatic nitrogens is 3. The molecule has 0 bridgehead atoms. The summed E-state index contributed by atoms with van der Waals surface area (Å²) in [5, 5.41) is 7.87. The maximum absolute atomic E-state index is 11.9. The Morgan fingerprint density at radius 2 is 2.07 bits per heavy atom. The summed E-state index contributed by atoms with van der Waals surface area (Å²) in [6.07, 6.45) is 3.44. The van der Waals surface area contributed by atoms with E-state index in [4.69, 9.17) is 4.74 Å². The van der Waals surface area contributed by atoms with Gasteiger partial charge in [0.15, 0.2) is 11.8 Å². The Morgan fingerprint density at radius 3 is 2.62 bits per heavy atom. The molecule has 2 aromatic rings. The molecule has 0 radical (unpaired) electrons. The Balaban J connectivity index is 1.53. The zero-order valence-electron chi connectivity index (χ0n) is 17.7. The Labute approximate surface area is 172 Å². The van der Waals surface area contributed by atoms with Crippen LogP contribution in [0.5, 0.6) is 0 Å². The highest BCUT2D eigenvalue weighted by Gasteiger charge is 2.27. The van der Waals surface area contributed by atoms with Gasteiger partial charge in [0.25, 0.3) is 0 Å². The number of aliphatic imine (C=N–C) groups is 1. The number of esters is 1. The van der Waals surface area contributed by atoms with Gasteiger partial charge in [-0.1, -0.05) is 6.07 Å². The van der Waals surface area contributed by atoms with E-state index in [0.29, 0.717) is 13.2 Å². The monoisotopic (exact) mass is 398 g/mol. The first-order valence-electron chi connectivity index (χ1n) is 10.1. The topological polar surface area (TPSA) is 84.6 Å². The number of pyridine rings is 1. The second kappa shape index (κ2) is 9.54. The van der Waals surface area contributed by atoms with Crippen molar-refractivity contribution in [3.63, 3.8) is 0 Å². The maximum atomic E-state index is 11.9. The van der Waals surface area contributed by atoms with Gasteiger partial charge in [0.1, 0.15) is 0 Å². The molecule has 8 heteroatoms. The summed E-state index contributed by atoms with van der Waals surface area (Å²) in [7, 11) is 1.78.